The Kier molecular flexibility index (Phi) is 8.82. The van der Waals surface area contributed by atoms with E-state index in [0.29, 0.717) is 52.2 Å². The quantitative estimate of drug-likeness (QED) is 0.186. The van der Waals surface area contributed by atoms with Crippen LogP contribution in [0.15, 0.2) is 48.8 Å². The van der Waals surface area contributed by atoms with Crippen molar-refractivity contribution in [2.45, 2.75) is 18.9 Å². The van der Waals surface area contributed by atoms with Crippen molar-refractivity contribution in [2.24, 2.45) is 0 Å². The highest BCUT2D eigenvalue weighted by Crippen LogP contribution is 2.33. The Morgan fingerprint density at radius 2 is 1.93 bits per heavy atom. The molecule has 43 heavy (non-hydrogen) atoms. The van der Waals surface area contributed by atoms with E-state index in [9.17, 15) is 9.90 Å². The van der Waals surface area contributed by atoms with Crippen molar-refractivity contribution in [2.75, 3.05) is 75.1 Å². The van der Waals surface area contributed by atoms with Crippen LogP contribution in [0.3, 0.4) is 0 Å². The first-order valence-electron chi connectivity index (χ1n) is 14.6. The number of carbonyl (C=O) groups excluding carboxylic acids is 1. The summed E-state index contributed by atoms with van der Waals surface area (Å²) in [7, 11) is 1.63. The number of benzene rings is 2. The summed E-state index contributed by atoms with van der Waals surface area (Å²) in [5.74, 6) is 1.37. The monoisotopic (exact) mass is 587 g/mol. The summed E-state index contributed by atoms with van der Waals surface area (Å²) in [6.07, 6.45) is 2.83. The first-order chi connectivity index (χ1) is 21.1. The molecule has 0 atom stereocenters. The number of nitrogens with zero attached hydrogens (tertiary/aromatic N) is 5. The molecule has 2 aromatic carbocycles. The lowest BCUT2D eigenvalue weighted by atomic mass is 10.1. The number of nitrogens with one attached hydrogen (secondary N) is 4. The number of aromatic nitrogens is 4. The van der Waals surface area contributed by atoms with Gasteiger partial charge in [0.15, 0.2) is 11.5 Å². The molecule has 2 aliphatic heterocycles. The molecule has 4 aromatic rings. The highest BCUT2D eigenvalue weighted by Gasteiger charge is 2.19. The van der Waals surface area contributed by atoms with Crippen LogP contribution in [-0.2, 0) is 4.74 Å². The maximum Gasteiger partial charge on any atom is 0.251 e. The number of ether oxygens (including phenoxy) is 2. The normalized spacial score (nSPS) is 16.3. The Balaban J connectivity index is 1.16. The van der Waals surface area contributed by atoms with Crippen molar-refractivity contribution in [1.29, 1.82) is 0 Å². The van der Waals surface area contributed by atoms with Crippen LogP contribution in [0.1, 0.15) is 23.2 Å². The van der Waals surface area contributed by atoms with Gasteiger partial charge in [0.2, 0.25) is 5.95 Å². The molecule has 0 radical (unpaired) electrons. The Labute approximate surface area is 249 Å². The molecule has 0 unspecified atom stereocenters. The number of carbonyl (C=O) groups is 1. The van der Waals surface area contributed by atoms with E-state index >= 15 is 0 Å². The molecule has 4 heterocycles. The minimum Gasteiger partial charge on any atom is -0.494 e. The number of methoxy groups -OCH3 is 1. The van der Waals surface area contributed by atoms with E-state index in [1.54, 1.807) is 25.6 Å². The van der Waals surface area contributed by atoms with Gasteiger partial charge in [-0.3, -0.25) is 9.69 Å². The number of H-pyrrole nitrogens is 1. The number of hydrogen-bond acceptors (Lipinski definition) is 11. The van der Waals surface area contributed by atoms with Gasteiger partial charge < -0.3 is 40.4 Å². The lowest BCUT2D eigenvalue weighted by Gasteiger charge is -2.31. The topological polar surface area (TPSA) is 153 Å². The summed E-state index contributed by atoms with van der Waals surface area (Å²) in [6.45, 7) is 6.18. The van der Waals surface area contributed by atoms with Gasteiger partial charge in [-0.05, 0) is 43.2 Å². The van der Waals surface area contributed by atoms with Gasteiger partial charge in [-0.2, -0.15) is 9.97 Å². The zero-order valence-electron chi connectivity index (χ0n) is 24.2. The number of piperidine rings is 1. The summed E-state index contributed by atoms with van der Waals surface area (Å²) in [4.78, 5) is 34.1. The third-order valence-corrected chi connectivity index (χ3v) is 7.75. The second-order valence-corrected chi connectivity index (χ2v) is 10.6. The largest absolute Gasteiger partial charge is 0.494 e. The van der Waals surface area contributed by atoms with E-state index in [2.05, 4.69) is 40.7 Å². The molecule has 0 spiro atoms. The Hall–Kier alpha value is -4.46. The van der Waals surface area contributed by atoms with Crippen molar-refractivity contribution in [1.82, 2.24) is 30.2 Å². The molecular weight excluding hydrogens is 550 g/mol. The number of aliphatic hydroxyl groups is 1. The van der Waals surface area contributed by atoms with Crippen LogP contribution >= 0.6 is 0 Å². The molecule has 13 heteroatoms. The highest BCUT2D eigenvalue weighted by molar-refractivity contribution is 5.95. The van der Waals surface area contributed by atoms with E-state index in [1.165, 1.54) is 0 Å². The number of amides is 1. The van der Waals surface area contributed by atoms with Gasteiger partial charge in [0.1, 0.15) is 11.3 Å². The molecule has 13 nitrogen and oxygen atoms in total. The Morgan fingerprint density at radius 1 is 1.09 bits per heavy atom. The Bertz CT molecular complexity index is 1550. The fraction of sp³-hybridized carbons (Fsp3) is 0.400. The van der Waals surface area contributed by atoms with Gasteiger partial charge in [-0.1, -0.05) is 6.07 Å². The lowest BCUT2D eigenvalue weighted by Crippen LogP contribution is -2.41. The second-order valence-electron chi connectivity index (χ2n) is 10.6. The third-order valence-electron chi connectivity index (χ3n) is 7.75. The van der Waals surface area contributed by atoms with Crippen LogP contribution in [0.2, 0.25) is 0 Å². The summed E-state index contributed by atoms with van der Waals surface area (Å²) < 4.78 is 11.1. The number of fused-ring (bicyclic) bond motifs is 1. The molecular formula is C30H37N9O4. The number of rotatable bonds is 10. The van der Waals surface area contributed by atoms with E-state index in [0.717, 1.165) is 64.5 Å². The van der Waals surface area contributed by atoms with Crippen molar-refractivity contribution in [3.05, 3.63) is 54.4 Å². The van der Waals surface area contributed by atoms with Gasteiger partial charge in [0.25, 0.3) is 5.91 Å². The van der Waals surface area contributed by atoms with E-state index in [1.807, 2.05) is 30.3 Å². The van der Waals surface area contributed by atoms with Gasteiger partial charge in [0, 0.05) is 62.3 Å². The number of aliphatic hydroxyl groups excluding tert-OH is 1. The minimum atomic E-state index is -0.235. The molecule has 2 aliphatic rings. The van der Waals surface area contributed by atoms with Gasteiger partial charge in [-0.25, -0.2) is 4.98 Å². The molecule has 5 N–H and O–H groups in total. The summed E-state index contributed by atoms with van der Waals surface area (Å²) in [5.41, 5.74) is 4.12. The van der Waals surface area contributed by atoms with Crippen LogP contribution in [0.4, 0.5) is 28.8 Å². The third kappa shape index (κ3) is 6.96. The van der Waals surface area contributed by atoms with Crippen LogP contribution in [0, 0.1) is 0 Å². The van der Waals surface area contributed by atoms with Crippen LogP contribution < -0.4 is 25.6 Å². The number of hydrogen-bond donors (Lipinski definition) is 5. The second kappa shape index (κ2) is 13.2. The van der Waals surface area contributed by atoms with Crippen LogP contribution in [0.5, 0.6) is 5.75 Å². The number of morpholine rings is 1. The van der Waals surface area contributed by atoms with Crippen LogP contribution in [0.25, 0.3) is 11.2 Å². The first kappa shape index (κ1) is 28.6. The molecule has 0 aliphatic carbocycles. The van der Waals surface area contributed by atoms with Gasteiger partial charge in [-0.15, -0.1) is 0 Å². The standard InChI is InChI=1S/C30H37N9O4/c1-42-25-18-22(39-10-7-23(40)8-11-39)5-6-24(25)35-30-36-27-26(32-19-33-27)28(37-30)34-21-4-2-3-20(17-21)29(41)31-9-12-38-13-15-43-16-14-38/h2-6,17-19,23,40H,7-16H2,1H3,(H,31,41)(H3,32,33,34,35,36,37). The summed E-state index contributed by atoms with van der Waals surface area (Å²) >= 11 is 0. The molecule has 2 aromatic heterocycles. The number of imidazole rings is 1. The molecule has 2 fully saturated rings. The first-order valence-corrected chi connectivity index (χ1v) is 14.6. The lowest BCUT2D eigenvalue weighted by molar-refractivity contribution is 0.0383. The SMILES string of the molecule is COc1cc(N2CCC(O)CC2)ccc1Nc1nc(Nc2cccc(C(=O)NCCN3CCOCC3)c2)c2[nH]cnc2n1. The summed E-state index contributed by atoms with van der Waals surface area (Å²) in [6, 6.07) is 13.2. The van der Waals surface area contributed by atoms with Crippen molar-refractivity contribution in [3.8, 4) is 5.75 Å². The van der Waals surface area contributed by atoms with Crippen LogP contribution in [-0.4, -0.2) is 102 Å². The average Bonchev–Trinajstić information content (AvgIpc) is 3.51. The zero-order valence-corrected chi connectivity index (χ0v) is 24.2. The maximum atomic E-state index is 12.9. The van der Waals surface area contributed by atoms with E-state index in [4.69, 9.17) is 14.5 Å². The Morgan fingerprint density at radius 3 is 2.74 bits per heavy atom. The zero-order chi connectivity index (χ0) is 29.6. The molecule has 2 saturated heterocycles. The molecule has 226 valence electrons. The van der Waals surface area contributed by atoms with Crippen molar-refractivity contribution >= 4 is 45.9 Å². The summed E-state index contributed by atoms with van der Waals surface area (Å²) in [5, 5.41) is 19.5. The molecule has 0 saturated carbocycles. The van der Waals surface area contributed by atoms with E-state index in [-0.39, 0.29) is 12.0 Å². The fourth-order valence-corrected chi connectivity index (χ4v) is 5.33. The molecule has 6 rings (SSSR count). The molecule has 1 amide bonds. The minimum absolute atomic E-state index is 0.134. The number of aromatic amines is 1. The smallest absolute Gasteiger partial charge is 0.251 e. The van der Waals surface area contributed by atoms with Crippen molar-refractivity contribution in [3.63, 3.8) is 0 Å². The fourth-order valence-electron chi connectivity index (χ4n) is 5.33. The van der Waals surface area contributed by atoms with E-state index < -0.39 is 0 Å². The maximum absolute atomic E-state index is 12.9. The highest BCUT2D eigenvalue weighted by atomic mass is 16.5. The van der Waals surface area contributed by atoms with Crippen molar-refractivity contribution < 1.29 is 19.4 Å². The molecule has 0 bridgehead atoms. The number of anilines is 5. The predicted molar refractivity (Wildman–Crippen MR) is 165 cm³/mol. The van der Waals surface area contributed by atoms with Gasteiger partial charge in [0.05, 0.1) is 38.4 Å². The average molecular weight is 588 g/mol. The predicted octanol–water partition coefficient (Wildman–Crippen LogP) is 2.87. The van der Waals surface area contributed by atoms with Gasteiger partial charge >= 0.3 is 0 Å².